The Bertz CT molecular complexity index is 139. The van der Waals surface area contributed by atoms with Gasteiger partial charge in [-0.3, -0.25) is 0 Å². The predicted octanol–water partition coefficient (Wildman–Crippen LogP) is 3.43. The highest BCUT2D eigenvalue weighted by Crippen LogP contribution is 2.33. The van der Waals surface area contributed by atoms with Crippen LogP contribution < -0.4 is 0 Å². The summed E-state index contributed by atoms with van der Waals surface area (Å²) in [7, 11) is 0. The lowest BCUT2D eigenvalue weighted by Gasteiger charge is -2.22. The summed E-state index contributed by atoms with van der Waals surface area (Å²) in [6.07, 6.45) is 0. The molecule has 0 radical (unpaired) electrons. The fraction of sp³-hybridized carbons (Fsp3) is 1.00. The minimum atomic E-state index is -2.76. The Morgan fingerprint density at radius 1 is 0.846 bits per heavy atom. The molecule has 0 aliphatic heterocycles. The molecule has 0 atom stereocenters. The molecule has 0 aliphatic rings. The van der Waals surface area contributed by atoms with E-state index in [1.165, 1.54) is 0 Å². The van der Waals surface area contributed by atoms with Crippen molar-refractivity contribution in [2.45, 2.75) is 19.5 Å². The van der Waals surface area contributed by atoms with Gasteiger partial charge in [0.2, 0.25) is 0 Å². The molecule has 0 saturated heterocycles. The Morgan fingerprint density at radius 2 is 1.15 bits per heavy atom. The molecule has 0 aromatic carbocycles. The van der Waals surface area contributed by atoms with Crippen molar-refractivity contribution in [2.75, 3.05) is 13.2 Å². The van der Waals surface area contributed by atoms with E-state index in [-0.39, 0.29) is 5.67 Å². The van der Waals surface area contributed by atoms with Crippen molar-refractivity contribution in [2.24, 2.45) is 0 Å². The van der Waals surface area contributed by atoms with Crippen molar-refractivity contribution in [1.82, 2.24) is 0 Å². The van der Waals surface area contributed by atoms with Crippen LogP contribution in [0.1, 0.15) is 13.8 Å². The fourth-order valence-electron chi connectivity index (χ4n) is 0.764. The summed E-state index contributed by atoms with van der Waals surface area (Å²) in [4.78, 5) is 0. The van der Waals surface area contributed by atoms with Crippen LogP contribution in [0.25, 0.3) is 0 Å². The van der Waals surface area contributed by atoms with Gasteiger partial charge in [-0.2, -0.15) is 0 Å². The molecule has 0 bridgehead atoms. The van der Waals surface area contributed by atoms with Gasteiger partial charge in [0.1, 0.15) is 0 Å². The number of rotatable bonds is 6. The Hall–Kier alpha value is 1.51. The van der Waals surface area contributed by atoms with Gasteiger partial charge in [-0.05, 0) is 13.8 Å². The zero-order chi connectivity index (χ0) is 10.5. The van der Waals surface area contributed by atoms with Crippen molar-refractivity contribution < 1.29 is 8.85 Å². The molecule has 0 aliphatic carbocycles. The summed E-state index contributed by atoms with van der Waals surface area (Å²) < 4.78 is 10.3. The molecule has 0 aromatic rings. The maximum atomic E-state index is 5.92. The lowest BCUT2D eigenvalue weighted by molar-refractivity contribution is 0.337. The van der Waals surface area contributed by atoms with Gasteiger partial charge in [0.25, 0.3) is 0 Å². The van der Waals surface area contributed by atoms with E-state index >= 15 is 0 Å². The molecule has 80 valence electrons. The second-order valence-corrected chi connectivity index (χ2v) is 15.3. The van der Waals surface area contributed by atoms with Crippen molar-refractivity contribution in [1.29, 1.82) is 0 Å². The first-order valence-corrected chi connectivity index (χ1v) is 12.1. The molecule has 0 amide bonds. The molecular weight excluding hydrogens is 290 g/mol. The van der Waals surface area contributed by atoms with Gasteiger partial charge in [-0.25, -0.2) is 0 Å². The quantitative estimate of drug-likeness (QED) is 0.553. The van der Waals surface area contributed by atoms with Crippen LogP contribution in [0.2, 0.25) is 5.67 Å². The zero-order valence-corrected chi connectivity index (χ0v) is 12.5. The highest BCUT2D eigenvalue weighted by molar-refractivity contribution is 7.53. The highest BCUT2D eigenvalue weighted by atomic mass is 35.7. The summed E-state index contributed by atoms with van der Waals surface area (Å²) in [5.74, 6) is 0. The first kappa shape index (κ1) is 14.5. The number of halogens is 4. The van der Waals surface area contributed by atoms with Crippen LogP contribution in [0.5, 0.6) is 0 Å². The second-order valence-electron chi connectivity index (χ2n) is 2.32. The van der Waals surface area contributed by atoms with Crippen LogP contribution in [0.4, 0.5) is 0 Å². The van der Waals surface area contributed by atoms with E-state index in [2.05, 4.69) is 0 Å². The van der Waals surface area contributed by atoms with Crippen LogP contribution in [0.3, 0.4) is 0 Å². The van der Waals surface area contributed by atoms with E-state index in [9.17, 15) is 0 Å². The minimum Gasteiger partial charge on any atom is -0.393 e. The molecule has 0 saturated carbocycles. The van der Waals surface area contributed by atoms with Gasteiger partial charge < -0.3 is 8.85 Å². The van der Waals surface area contributed by atoms with E-state index in [4.69, 9.17) is 53.2 Å². The maximum Gasteiger partial charge on any atom is 0.391 e. The molecule has 0 N–H and O–H groups in total. The lowest BCUT2D eigenvalue weighted by Crippen LogP contribution is -2.38. The molecule has 2 nitrogen and oxygen atoms in total. The average Bonchev–Trinajstić information content (AvgIpc) is 1.82. The van der Waals surface area contributed by atoms with Crippen LogP contribution in [0.15, 0.2) is 0 Å². The van der Waals surface area contributed by atoms with Gasteiger partial charge in [-0.15, -0.1) is 44.3 Å². The van der Waals surface area contributed by atoms with Crippen LogP contribution >= 0.6 is 44.3 Å². The zero-order valence-electron chi connectivity index (χ0n) is 7.45. The molecule has 13 heavy (non-hydrogen) atoms. The minimum absolute atomic E-state index is 0.258. The average molecular weight is 302 g/mol. The molecular formula is C5H12Cl4O2Si2. The lowest BCUT2D eigenvalue weighted by atomic mass is 10.9. The number of hydrogen-bond donors (Lipinski definition) is 0. The summed E-state index contributed by atoms with van der Waals surface area (Å²) in [5.41, 5.74) is 0.258. The molecule has 0 fully saturated rings. The summed E-state index contributed by atoms with van der Waals surface area (Å²) in [5, 5.41) is 0. The van der Waals surface area contributed by atoms with Crippen LogP contribution in [-0.2, 0) is 8.85 Å². The van der Waals surface area contributed by atoms with Gasteiger partial charge in [0.15, 0.2) is 0 Å². The van der Waals surface area contributed by atoms with E-state index in [0.717, 1.165) is 0 Å². The third kappa shape index (κ3) is 7.44. The maximum absolute atomic E-state index is 5.92. The first-order chi connectivity index (χ1) is 5.83. The molecule has 0 unspecified atom stereocenters. The van der Waals surface area contributed by atoms with E-state index in [0.29, 0.717) is 13.2 Å². The third-order valence-electron chi connectivity index (χ3n) is 1.12. The second kappa shape index (κ2) is 6.17. The van der Waals surface area contributed by atoms with Crippen molar-refractivity contribution >= 4 is 58.2 Å². The standard InChI is InChI=1S/C5H12Cl4O2Si2/c1-3-10-12(6,7)5-13(8,9)11-4-2/h3-5H2,1-2H3. The molecule has 8 heteroatoms. The number of hydrogen-bond acceptors (Lipinski definition) is 2. The van der Waals surface area contributed by atoms with Gasteiger partial charge in [-0.1, -0.05) is 0 Å². The van der Waals surface area contributed by atoms with Gasteiger partial charge in [0.05, 0.1) is 0 Å². The van der Waals surface area contributed by atoms with Crippen LogP contribution in [0, 0.1) is 0 Å². The van der Waals surface area contributed by atoms with Gasteiger partial charge in [0, 0.05) is 18.9 Å². The Morgan fingerprint density at radius 3 is 1.38 bits per heavy atom. The van der Waals surface area contributed by atoms with Crippen molar-refractivity contribution in [3.8, 4) is 0 Å². The summed E-state index contributed by atoms with van der Waals surface area (Å²) in [6.45, 7) is -0.957. The van der Waals surface area contributed by atoms with E-state index in [1.54, 1.807) is 0 Å². The Labute approximate surface area is 99.5 Å². The Balaban J connectivity index is 4.07. The molecule has 0 rings (SSSR count). The highest BCUT2D eigenvalue weighted by Gasteiger charge is 2.44. The van der Waals surface area contributed by atoms with Crippen molar-refractivity contribution in [3.05, 3.63) is 0 Å². The third-order valence-corrected chi connectivity index (χ3v) is 12.0. The first-order valence-electron chi connectivity index (χ1n) is 3.86. The molecule has 0 heterocycles. The SMILES string of the molecule is CCO[Si](Cl)(Cl)C[Si](Cl)(Cl)OCC. The van der Waals surface area contributed by atoms with Gasteiger partial charge >= 0.3 is 13.9 Å². The molecule has 0 spiro atoms. The molecule has 0 aromatic heterocycles. The fourth-order valence-corrected chi connectivity index (χ4v) is 14.9. The Kier molecular flexibility index (Phi) is 6.89. The predicted molar refractivity (Wildman–Crippen MR) is 63.0 cm³/mol. The van der Waals surface area contributed by atoms with E-state index in [1.807, 2.05) is 13.8 Å². The largest absolute Gasteiger partial charge is 0.393 e. The van der Waals surface area contributed by atoms with Crippen molar-refractivity contribution in [3.63, 3.8) is 0 Å². The topological polar surface area (TPSA) is 18.5 Å². The summed E-state index contributed by atoms with van der Waals surface area (Å²) >= 11 is 23.7. The summed E-state index contributed by atoms with van der Waals surface area (Å²) in [6, 6.07) is 0. The normalized spacial score (nSPS) is 13.4. The smallest absolute Gasteiger partial charge is 0.391 e. The van der Waals surface area contributed by atoms with E-state index < -0.39 is 13.9 Å². The monoisotopic (exact) mass is 300 g/mol. The van der Waals surface area contributed by atoms with Crippen LogP contribution in [-0.4, -0.2) is 27.1 Å².